The Hall–Kier alpha value is -3.59. The SMILES string of the molecule is CCOC(=O)CCCCC1CCCC[C@@H](Nc2nnc3c(c2C#N)CCCOCc2cc(OC(F)(F)F)cc(O)c2-3)C1. The van der Waals surface area contributed by atoms with E-state index in [9.17, 15) is 28.3 Å². The lowest BCUT2D eigenvalue weighted by molar-refractivity contribution is -0.274. The van der Waals surface area contributed by atoms with Crippen LogP contribution in [0.25, 0.3) is 11.3 Å². The van der Waals surface area contributed by atoms with Crippen LogP contribution < -0.4 is 10.1 Å². The fourth-order valence-electron chi connectivity index (χ4n) is 5.89. The molecule has 12 heteroatoms. The molecule has 0 bridgehead atoms. The van der Waals surface area contributed by atoms with Crippen molar-refractivity contribution < 1.29 is 37.3 Å². The molecule has 1 aromatic carbocycles. The first-order valence-corrected chi connectivity index (χ1v) is 14.6. The predicted molar refractivity (Wildman–Crippen MR) is 148 cm³/mol. The van der Waals surface area contributed by atoms with Crippen molar-refractivity contribution in [3.05, 3.63) is 28.8 Å². The summed E-state index contributed by atoms with van der Waals surface area (Å²) in [4.78, 5) is 11.6. The molecular formula is C30H37F3N4O5. The third kappa shape index (κ3) is 8.47. The number of esters is 1. The Bertz CT molecular complexity index is 1280. The third-order valence-electron chi connectivity index (χ3n) is 7.72. The van der Waals surface area contributed by atoms with E-state index in [0.29, 0.717) is 55.3 Å². The summed E-state index contributed by atoms with van der Waals surface area (Å²) in [5, 5.41) is 33.2. The number of unbranched alkanes of at least 4 members (excludes halogenated alkanes) is 1. The highest BCUT2D eigenvalue weighted by Gasteiger charge is 2.33. The molecule has 1 unspecified atom stereocenters. The summed E-state index contributed by atoms with van der Waals surface area (Å²) in [6.07, 6.45) is 4.29. The van der Waals surface area contributed by atoms with Crippen molar-refractivity contribution in [2.75, 3.05) is 18.5 Å². The molecule has 1 aliphatic heterocycles. The number of alkyl halides is 3. The van der Waals surface area contributed by atoms with Gasteiger partial charge in [0.05, 0.1) is 13.2 Å². The Balaban J connectivity index is 1.55. The first kappa shape index (κ1) is 31.3. The monoisotopic (exact) mass is 590 g/mol. The largest absolute Gasteiger partial charge is 0.573 e. The van der Waals surface area contributed by atoms with Gasteiger partial charge in [0, 0.05) is 36.3 Å². The minimum Gasteiger partial charge on any atom is -0.507 e. The van der Waals surface area contributed by atoms with E-state index < -0.39 is 17.9 Å². The van der Waals surface area contributed by atoms with Crippen molar-refractivity contribution >= 4 is 11.8 Å². The third-order valence-corrected chi connectivity index (χ3v) is 7.72. The van der Waals surface area contributed by atoms with Crippen molar-refractivity contribution in [2.45, 2.75) is 96.6 Å². The van der Waals surface area contributed by atoms with Gasteiger partial charge in [0.1, 0.15) is 28.8 Å². The number of hydrogen-bond acceptors (Lipinski definition) is 9. The summed E-state index contributed by atoms with van der Waals surface area (Å²) >= 11 is 0. The van der Waals surface area contributed by atoms with E-state index in [2.05, 4.69) is 26.3 Å². The fraction of sp³-hybridized carbons (Fsp3) is 0.600. The van der Waals surface area contributed by atoms with Gasteiger partial charge in [-0.3, -0.25) is 4.79 Å². The van der Waals surface area contributed by atoms with E-state index in [1.807, 2.05) is 0 Å². The first-order chi connectivity index (χ1) is 20.2. The molecule has 2 aliphatic rings. The molecule has 2 N–H and O–H groups in total. The second kappa shape index (κ2) is 14.5. The maximum atomic E-state index is 12.9. The number of aromatic nitrogens is 2. The van der Waals surface area contributed by atoms with Crippen LogP contribution in [0.3, 0.4) is 0 Å². The second-order valence-electron chi connectivity index (χ2n) is 10.8. The molecule has 42 heavy (non-hydrogen) atoms. The van der Waals surface area contributed by atoms with Gasteiger partial charge in [0.15, 0.2) is 5.82 Å². The average molecular weight is 591 g/mol. The number of carbonyl (C=O) groups excluding carboxylic acids is 1. The van der Waals surface area contributed by atoms with Gasteiger partial charge in [-0.05, 0) is 56.6 Å². The van der Waals surface area contributed by atoms with Gasteiger partial charge >= 0.3 is 12.3 Å². The highest BCUT2D eigenvalue weighted by atomic mass is 19.4. The van der Waals surface area contributed by atoms with Crippen LogP contribution in [0.5, 0.6) is 11.5 Å². The molecule has 0 spiro atoms. The highest BCUT2D eigenvalue weighted by Crippen LogP contribution is 2.41. The Morgan fingerprint density at radius 3 is 2.79 bits per heavy atom. The molecule has 0 saturated heterocycles. The lowest BCUT2D eigenvalue weighted by Gasteiger charge is -2.23. The molecule has 1 aromatic heterocycles. The zero-order valence-corrected chi connectivity index (χ0v) is 23.8. The number of hydrogen-bond donors (Lipinski definition) is 2. The van der Waals surface area contributed by atoms with Crippen molar-refractivity contribution in [3.8, 4) is 28.8 Å². The van der Waals surface area contributed by atoms with Crippen LogP contribution >= 0.6 is 0 Å². The normalized spacial score (nSPS) is 19.1. The molecule has 2 aromatic rings. The van der Waals surface area contributed by atoms with Crippen LogP contribution in [0.2, 0.25) is 0 Å². The van der Waals surface area contributed by atoms with Crippen LogP contribution in [0.4, 0.5) is 19.0 Å². The Morgan fingerprint density at radius 2 is 2.02 bits per heavy atom. The molecule has 4 rings (SSSR count). The number of ether oxygens (including phenoxy) is 3. The molecule has 228 valence electrons. The van der Waals surface area contributed by atoms with Crippen molar-refractivity contribution in [1.29, 1.82) is 5.26 Å². The molecule has 9 nitrogen and oxygen atoms in total. The number of nitriles is 1. The standard InChI is InChI=1S/C30H37F3N4O5/c1-2-41-26(39)12-6-4-9-19-8-3-5-10-21(14-19)35-29-24(17-34)23-11-7-13-40-18-20-15-22(42-30(31,32)33)16-25(38)27(20)28(23)36-37-29/h15-16,19,21,38H,2-14,18H2,1H3,(H,35,37)/t19?,21-/m1/s1. The average Bonchev–Trinajstić information content (AvgIpc) is 3.10. The zero-order chi connectivity index (χ0) is 30.1. The molecule has 1 fully saturated rings. The number of nitrogens with zero attached hydrogens (tertiary/aromatic N) is 3. The van der Waals surface area contributed by atoms with Gasteiger partial charge in [-0.2, -0.15) is 5.26 Å². The van der Waals surface area contributed by atoms with E-state index in [1.54, 1.807) is 6.92 Å². The summed E-state index contributed by atoms with van der Waals surface area (Å²) in [6, 6.07) is 4.39. The number of benzene rings is 1. The first-order valence-electron chi connectivity index (χ1n) is 14.6. The minimum absolute atomic E-state index is 0.0653. The summed E-state index contributed by atoms with van der Waals surface area (Å²) in [7, 11) is 0. The molecule has 1 saturated carbocycles. The number of anilines is 1. The lowest BCUT2D eigenvalue weighted by atomic mass is 9.92. The van der Waals surface area contributed by atoms with E-state index >= 15 is 0 Å². The number of rotatable bonds is 9. The Kier molecular flexibility index (Phi) is 10.8. The minimum atomic E-state index is -4.92. The number of halogens is 3. The zero-order valence-electron chi connectivity index (χ0n) is 23.8. The summed E-state index contributed by atoms with van der Waals surface area (Å²) < 4.78 is 53.2. The molecule has 1 aliphatic carbocycles. The van der Waals surface area contributed by atoms with Crippen molar-refractivity contribution in [3.63, 3.8) is 0 Å². The number of aromatic hydroxyl groups is 1. The number of nitrogens with one attached hydrogen (secondary N) is 1. The predicted octanol–water partition coefficient (Wildman–Crippen LogP) is 6.57. The van der Waals surface area contributed by atoms with E-state index in [1.165, 1.54) is 0 Å². The Labute approximate surface area is 243 Å². The highest BCUT2D eigenvalue weighted by molar-refractivity contribution is 5.77. The van der Waals surface area contributed by atoms with Gasteiger partial charge in [0.25, 0.3) is 0 Å². The molecule has 2 atom stereocenters. The van der Waals surface area contributed by atoms with E-state index in [-0.39, 0.29) is 35.4 Å². The smallest absolute Gasteiger partial charge is 0.507 e. The summed E-state index contributed by atoms with van der Waals surface area (Å²) in [6.45, 7) is 2.43. The molecule has 2 heterocycles. The van der Waals surface area contributed by atoms with Gasteiger partial charge in [0.2, 0.25) is 0 Å². The Morgan fingerprint density at radius 1 is 1.21 bits per heavy atom. The molecule has 0 amide bonds. The van der Waals surface area contributed by atoms with Crippen LogP contribution in [0, 0.1) is 17.2 Å². The van der Waals surface area contributed by atoms with Crippen molar-refractivity contribution in [1.82, 2.24) is 10.2 Å². The van der Waals surface area contributed by atoms with Crippen LogP contribution in [0.1, 0.15) is 87.8 Å². The number of phenols is 1. The van der Waals surface area contributed by atoms with Gasteiger partial charge in [-0.25, -0.2) is 0 Å². The van der Waals surface area contributed by atoms with Crippen LogP contribution in [-0.4, -0.2) is 46.9 Å². The summed E-state index contributed by atoms with van der Waals surface area (Å²) in [5.41, 5.74) is 1.54. The maximum absolute atomic E-state index is 12.9. The maximum Gasteiger partial charge on any atom is 0.573 e. The lowest BCUT2D eigenvalue weighted by Crippen LogP contribution is -2.23. The molecule has 0 radical (unpaired) electrons. The summed E-state index contributed by atoms with van der Waals surface area (Å²) in [5.74, 6) is -0.353. The van der Waals surface area contributed by atoms with Gasteiger partial charge < -0.3 is 24.6 Å². The van der Waals surface area contributed by atoms with E-state index in [0.717, 1.165) is 63.5 Å². The second-order valence-corrected chi connectivity index (χ2v) is 10.8. The topological polar surface area (TPSA) is 127 Å². The van der Waals surface area contributed by atoms with Crippen molar-refractivity contribution in [2.24, 2.45) is 5.92 Å². The number of phenolic OH excluding ortho intramolecular Hbond substituents is 1. The number of carbonyl (C=O) groups is 1. The fourth-order valence-corrected chi connectivity index (χ4v) is 5.89. The molecular weight excluding hydrogens is 553 g/mol. The van der Waals surface area contributed by atoms with E-state index in [4.69, 9.17) is 9.47 Å². The van der Waals surface area contributed by atoms with Gasteiger partial charge in [-0.1, -0.05) is 32.1 Å². The van der Waals surface area contributed by atoms with Crippen LogP contribution in [0.15, 0.2) is 12.1 Å². The van der Waals surface area contributed by atoms with Gasteiger partial charge in [-0.15, -0.1) is 23.4 Å². The van der Waals surface area contributed by atoms with Crippen LogP contribution in [-0.2, 0) is 27.3 Å². The quantitative estimate of drug-likeness (QED) is 0.189. The number of fused-ring (bicyclic) bond motifs is 3.